The van der Waals surface area contributed by atoms with Crippen LogP contribution in [0.25, 0.3) is 0 Å². The number of hydrogen-bond acceptors (Lipinski definition) is 5. The van der Waals surface area contributed by atoms with Gasteiger partial charge in [-0.05, 0) is 32.0 Å². The number of anilines is 1. The third-order valence-electron chi connectivity index (χ3n) is 2.98. The molecule has 1 aromatic rings. The number of fused-ring (bicyclic) bond motifs is 1. The summed E-state index contributed by atoms with van der Waals surface area (Å²) >= 11 is 5.91. The molecule has 0 bridgehead atoms. The summed E-state index contributed by atoms with van der Waals surface area (Å²) in [4.78, 5) is 37.1. The van der Waals surface area contributed by atoms with E-state index in [1.54, 1.807) is 13.8 Å². The average molecular weight is 312 g/mol. The number of hydrogen-bond donors (Lipinski definition) is 0. The van der Waals surface area contributed by atoms with Gasteiger partial charge in [0, 0.05) is 10.6 Å². The van der Waals surface area contributed by atoms with Crippen molar-refractivity contribution < 1.29 is 23.9 Å². The lowest BCUT2D eigenvalue weighted by Crippen LogP contribution is -2.37. The maximum absolute atomic E-state index is 12.4. The van der Waals surface area contributed by atoms with Crippen LogP contribution < -0.4 is 4.90 Å². The van der Waals surface area contributed by atoms with E-state index in [1.165, 1.54) is 18.2 Å². The first kappa shape index (κ1) is 15.3. The van der Waals surface area contributed by atoms with Gasteiger partial charge in [0.05, 0.1) is 18.9 Å². The lowest BCUT2D eigenvalue weighted by molar-refractivity contribution is -0.147. The van der Waals surface area contributed by atoms with Gasteiger partial charge in [-0.3, -0.25) is 9.59 Å². The zero-order valence-electron chi connectivity index (χ0n) is 11.6. The Morgan fingerprint density at radius 3 is 2.52 bits per heavy atom. The van der Waals surface area contributed by atoms with Crippen molar-refractivity contribution in [3.8, 4) is 0 Å². The lowest BCUT2D eigenvalue weighted by Gasteiger charge is -2.14. The topological polar surface area (TPSA) is 72.9 Å². The fourth-order valence-corrected chi connectivity index (χ4v) is 2.35. The fraction of sp³-hybridized carbons (Fsp3) is 0.357. The summed E-state index contributed by atoms with van der Waals surface area (Å²) in [6, 6.07) is 4.52. The summed E-state index contributed by atoms with van der Waals surface area (Å²) in [6.45, 7) is 3.52. The smallest absolute Gasteiger partial charge is 0.421 e. The molecule has 7 heteroatoms. The van der Waals surface area contributed by atoms with Crippen molar-refractivity contribution in [3.63, 3.8) is 0 Å². The highest BCUT2D eigenvalue weighted by Crippen LogP contribution is 2.40. The summed E-state index contributed by atoms with van der Waals surface area (Å²) in [7, 11) is 0. The number of imide groups is 1. The highest BCUT2D eigenvalue weighted by molar-refractivity contribution is 6.32. The minimum Gasteiger partial charge on any atom is -0.465 e. The van der Waals surface area contributed by atoms with Gasteiger partial charge < -0.3 is 9.47 Å². The van der Waals surface area contributed by atoms with Crippen molar-refractivity contribution in [1.29, 1.82) is 0 Å². The Hall–Kier alpha value is -2.08. The Balaban J connectivity index is 2.47. The molecule has 0 N–H and O–H groups in total. The van der Waals surface area contributed by atoms with Crippen molar-refractivity contribution >= 4 is 35.3 Å². The third-order valence-corrected chi connectivity index (χ3v) is 3.22. The van der Waals surface area contributed by atoms with Gasteiger partial charge >= 0.3 is 12.1 Å². The fourth-order valence-electron chi connectivity index (χ4n) is 2.17. The highest BCUT2D eigenvalue weighted by Gasteiger charge is 2.46. The van der Waals surface area contributed by atoms with Crippen LogP contribution in [0, 0.1) is 0 Å². The second-order valence-corrected chi connectivity index (χ2v) is 4.70. The molecule has 1 aliphatic rings. The summed E-state index contributed by atoms with van der Waals surface area (Å²) < 4.78 is 9.75. The van der Waals surface area contributed by atoms with Gasteiger partial charge in [0.15, 0.2) is 5.92 Å². The predicted octanol–water partition coefficient (Wildman–Crippen LogP) is 2.49. The zero-order valence-corrected chi connectivity index (χ0v) is 12.3. The second kappa shape index (κ2) is 6.13. The van der Waals surface area contributed by atoms with Crippen molar-refractivity contribution in [2.45, 2.75) is 19.8 Å². The van der Waals surface area contributed by atoms with Crippen LogP contribution in [0.5, 0.6) is 0 Å². The first-order chi connectivity index (χ1) is 10.0. The standard InChI is InChI=1S/C14H14ClNO5/c1-3-20-13(18)11-9-7-8(15)5-6-10(9)16(12(11)17)14(19)21-4-2/h5-7,11H,3-4H2,1-2H3. The number of halogens is 1. The van der Waals surface area contributed by atoms with Crippen LogP contribution in [0.1, 0.15) is 25.3 Å². The Kier molecular flexibility index (Phi) is 4.47. The average Bonchev–Trinajstić information content (AvgIpc) is 2.70. The van der Waals surface area contributed by atoms with Crippen molar-refractivity contribution in [3.05, 3.63) is 28.8 Å². The molecule has 112 valence electrons. The summed E-state index contributed by atoms with van der Waals surface area (Å²) in [5.74, 6) is -2.59. The minimum absolute atomic E-state index is 0.121. The summed E-state index contributed by atoms with van der Waals surface area (Å²) in [5, 5.41) is 0.363. The van der Waals surface area contributed by atoms with Gasteiger partial charge in [0.2, 0.25) is 0 Å². The Bertz CT molecular complexity index is 601. The molecule has 1 atom stereocenters. The molecule has 6 nitrogen and oxygen atoms in total. The summed E-state index contributed by atoms with van der Waals surface area (Å²) in [6.07, 6.45) is -0.821. The van der Waals surface area contributed by atoms with E-state index in [4.69, 9.17) is 21.1 Å². The Morgan fingerprint density at radius 2 is 1.90 bits per heavy atom. The van der Waals surface area contributed by atoms with Gasteiger partial charge in [-0.1, -0.05) is 11.6 Å². The van der Waals surface area contributed by atoms with Crippen molar-refractivity contribution in [1.82, 2.24) is 0 Å². The molecule has 21 heavy (non-hydrogen) atoms. The van der Waals surface area contributed by atoms with Gasteiger partial charge in [-0.15, -0.1) is 0 Å². The number of rotatable bonds is 3. The number of ether oxygens (including phenoxy) is 2. The van der Waals surface area contributed by atoms with E-state index >= 15 is 0 Å². The molecule has 1 aliphatic heterocycles. The molecular weight excluding hydrogens is 298 g/mol. The van der Waals surface area contributed by atoms with Crippen LogP contribution in [0.15, 0.2) is 18.2 Å². The number of carbonyl (C=O) groups is 3. The van der Waals surface area contributed by atoms with Gasteiger partial charge in [0.1, 0.15) is 0 Å². The van der Waals surface area contributed by atoms with E-state index in [9.17, 15) is 14.4 Å². The predicted molar refractivity (Wildman–Crippen MR) is 75.3 cm³/mol. The van der Waals surface area contributed by atoms with Crippen LogP contribution in [0.2, 0.25) is 5.02 Å². The molecule has 0 fully saturated rings. The van der Waals surface area contributed by atoms with Crippen molar-refractivity contribution in [2.75, 3.05) is 18.1 Å². The lowest BCUT2D eigenvalue weighted by atomic mass is 10.0. The quantitative estimate of drug-likeness (QED) is 0.633. The number of amides is 2. The maximum atomic E-state index is 12.4. The molecule has 0 saturated carbocycles. The molecule has 2 rings (SSSR count). The molecule has 0 spiro atoms. The maximum Gasteiger partial charge on any atom is 0.421 e. The first-order valence-corrected chi connectivity index (χ1v) is 6.85. The number of esters is 1. The molecule has 0 aliphatic carbocycles. The van der Waals surface area contributed by atoms with E-state index in [0.717, 1.165) is 4.90 Å². The van der Waals surface area contributed by atoms with Gasteiger partial charge in [0.25, 0.3) is 5.91 Å². The number of carbonyl (C=O) groups excluding carboxylic acids is 3. The van der Waals surface area contributed by atoms with Crippen LogP contribution >= 0.6 is 11.6 Å². The van der Waals surface area contributed by atoms with Crippen molar-refractivity contribution in [2.24, 2.45) is 0 Å². The Labute approximate surface area is 126 Å². The molecular formula is C14H14ClNO5. The van der Waals surface area contributed by atoms with Gasteiger partial charge in [-0.25, -0.2) is 9.69 Å². The summed E-state index contributed by atoms with van der Waals surface area (Å²) in [5.41, 5.74) is 0.639. The van der Waals surface area contributed by atoms with E-state index in [0.29, 0.717) is 16.3 Å². The van der Waals surface area contributed by atoms with Crippen LogP contribution in [-0.2, 0) is 19.1 Å². The normalized spacial score (nSPS) is 16.6. The molecule has 1 unspecified atom stereocenters. The molecule has 0 aromatic heterocycles. The zero-order chi connectivity index (χ0) is 15.6. The number of benzene rings is 1. The molecule has 0 radical (unpaired) electrons. The number of nitrogens with zero attached hydrogens (tertiary/aromatic N) is 1. The van der Waals surface area contributed by atoms with Gasteiger partial charge in [-0.2, -0.15) is 0 Å². The van der Waals surface area contributed by atoms with E-state index in [-0.39, 0.29) is 13.2 Å². The molecule has 0 saturated heterocycles. The van der Waals surface area contributed by atoms with Crippen LogP contribution in [-0.4, -0.2) is 31.2 Å². The highest BCUT2D eigenvalue weighted by atomic mass is 35.5. The molecule has 1 heterocycles. The third kappa shape index (κ3) is 2.71. The minimum atomic E-state index is -1.19. The monoisotopic (exact) mass is 311 g/mol. The first-order valence-electron chi connectivity index (χ1n) is 6.48. The van der Waals surface area contributed by atoms with E-state index in [2.05, 4.69) is 0 Å². The molecule has 1 aromatic carbocycles. The second-order valence-electron chi connectivity index (χ2n) is 4.26. The molecule has 2 amide bonds. The van der Waals surface area contributed by atoms with E-state index < -0.39 is 23.9 Å². The largest absolute Gasteiger partial charge is 0.465 e. The SMILES string of the molecule is CCOC(=O)C1C(=O)N(C(=O)OCC)c2ccc(Cl)cc21. The van der Waals surface area contributed by atoms with Crippen LogP contribution in [0.4, 0.5) is 10.5 Å². The van der Waals surface area contributed by atoms with Crippen LogP contribution in [0.3, 0.4) is 0 Å². The van der Waals surface area contributed by atoms with E-state index in [1.807, 2.05) is 0 Å². The Morgan fingerprint density at radius 1 is 1.24 bits per heavy atom.